The van der Waals surface area contributed by atoms with Gasteiger partial charge in [0.1, 0.15) is 0 Å². The molecule has 0 fully saturated rings. The lowest BCUT2D eigenvalue weighted by Gasteiger charge is -2.26. The van der Waals surface area contributed by atoms with Crippen molar-refractivity contribution in [2.24, 2.45) is 0 Å². The molecule has 0 radical (unpaired) electrons. The predicted octanol–water partition coefficient (Wildman–Crippen LogP) is 16.5. The van der Waals surface area contributed by atoms with Crippen LogP contribution in [0.5, 0.6) is 0 Å². The van der Waals surface area contributed by atoms with Gasteiger partial charge >= 0.3 is 0 Å². The summed E-state index contributed by atoms with van der Waals surface area (Å²) < 4.78 is 2.65. The highest BCUT2D eigenvalue weighted by Gasteiger charge is 2.16. The van der Waals surface area contributed by atoms with Gasteiger partial charge in [-0.15, -0.1) is 11.3 Å². The number of nitrogens with zero attached hydrogens (tertiary/aromatic N) is 1. The number of benzene rings is 10. The molecule has 1 nitrogen and oxygen atoms in total. The first-order valence-corrected chi connectivity index (χ1v) is 20.6. The van der Waals surface area contributed by atoms with E-state index in [1.807, 2.05) is 11.3 Å². The largest absolute Gasteiger partial charge is 0.311 e. The molecular formula is C56H37NS. The summed E-state index contributed by atoms with van der Waals surface area (Å²) in [5, 5.41) is 7.68. The number of thiophene rings is 1. The molecule has 11 rings (SSSR count). The van der Waals surface area contributed by atoms with Crippen LogP contribution < -0.4 is 4.90 Å². The van der Waals surface area contributed by atoms with Crippen LogP contribution >= 0.6 is 11.3 Å². The van der Waals surface area contributed by atoms with Gasteiger partial charge in [-0.25, -0.2) is 0 Å². The molecule has 0 spiro atoms. The van der Waals surface area contributed by atoms with Gasteiger partial charge in [-0.05, 0) is 115 Å². The van der Waals surface area contributed by atoms with Crippen molar-refractivity contribution in [2.75, 3.05) is 4.90 Å². The SMILES string of the molecule is c1cc(-c2ccc(N(c3ccc(-c4cccc5ccccc45)cc3)c3ccc(-c4cccc5c4sc4ccccc45)cc3)cc2)cc(-c2cccc3ccccc23)c1. The average molecular weight is 756 g/mol. The Morgan fingerprint density at radius 2 is 0.707 bits per heavy atom. The standard InChI is InChI=1S/C56H37NS/c1-3-17-48-39(11-1)13-8-20-50(48)41-27-33-46(34-28-41)57(47-35-29-42(30-36-47)52-22-10-23-54-53-19-5-6-24-55(53)58-56(52)54)45-31-25-38(26-32-45)43-15-7-16-44(37-43)51-21-9-14-40-12-2-4-18-49(40)51/h1-37H. The van der Waals surface area contributed by atoms with Crippen molar-refractivity contribution in [2.45, 2.75) is 0 Å². The van der Waals surface area contributed by atoms with E-state index in [0.29, 0.717) is 0 Å². The zero-order valence-electron chi connectivity index (χ0n) is 31.7. The molecule has 0 aliphatic carbocycles. The quantitative estimate of drug-likeness (QED) is 0.157. The predicted molar refractivity (Wildman–Crippen MR) is 251 cm³/mol. The first-order chi connectivity index (χ1) is 28.7. The topological polar surface area (TPSA) is 3.24 Å². The second kappa shape index (κ2) is 14.4. The third-order valence-electron chi connectivity index (χ3n) is 11.5. The fourth-order valence-corrected chi connectivity index (χ4v) is 9.86. The van der Waals surface area contributed by atoms with Crippen LogP contribution in [0.1, 0.15) is 0 Å². The molecule has 0 N–H and O–H groups in total. The van der Waals surface area contributed by atoms with Crippen molar-refractivity contribution in [1.29, 1.82) is 0 Å². The molecular weight excluding hydrogens is 719 g/mol. The summed E-state index contributed by atoms with van der Waals surface area (Å²) in [6, 6.07) is 81.8. The number of hydrogen-bond donors (Lipinski definition) is 0. The van der Waals surface area contributed by atoms with Gasteiger partial charge in [-0.3, -0.25) is 0 Å². The molecule has 0 aliphatic rings. The van der Waals surface area contributed by atoms with Gasteiger partial charge in [0.05, 0.1) is 0 Å². The maximum absolute atomic E-state index is 2.37. The Hall–Kier alpha value is -7.26. The third kappa shape index (κ3) is 6.03. The minimum absolute atomic E-state index is 1.10. The molecule has 0 unspecified atom stereocenters. The van der Waals surface area contributed by atoms with E-state index in [1.165, 1.54) is 86.2 Å². The summed E-state index contributed by atoms with van der Waals surface area (Å²) in [7, 11) is 0. The first-order valence-electron chi connectivity index (χ1n) is 19.8. The molecule has 0 aliphatic heterocycles. The van der Waals surface area contributed by atoms with Crippen LogP contribution in [0.2, 0.25) is 0 Å². The zero-order valence-corrected chi connectivity index (χ0v) is 32.5. The Kier molecular flexibility index (Phi) is 8.42. The van der Waals surface area contributed by atoms with E-state index in [-0.39, 0.29) is 0 Å². The van der Waals surface area contributed by atoms with Crippen molar-refractivity contribution >= 4 is 70.1 Å². The van der Waals surface area contributed by atoms with E-state index in [2.05, 4.69) is 229 Å². The minimum atomic E-state index is 1.10. The first kappa shape index (κ1) is 34.0. The van der Waals surface area contributed by atoms with Crippen LogP contribution in [-0.2, 0) is 0 Å². The Morgan fingerprint density at radius 1 is 0.276 bits per heavy atom. The summed E-state index contributed by atoms with van der Waals surface area (Å²) in [5.41, 5.74) is 13.1. The van der Waals surface area contributed by atoms with Gasteiger partial charge in [0.15, 0.2) is 0 Å². The molecule has 0 atom stereocenters. The number of anilines is 3. The number of rotatable bonds is 7. The maximum Gasteiger partial charge on any atom is 0.0462 e. The van der Waals surface area contributed by atoms with Crippen LogP contribution in [0.4, 0.5) is 17.1 Å². The van der Waals surface area contributed by atoms with Gasteiger partial charge in [0.2, 0.25) is 0 Å². The van der Waals surface area contributed by atoms with Crippen molar-refractivity contribution in [3.05, 3.63) is 224 Å². The molecule has 58 heavy (non-hydrogen) atoms. The van der Waals surface area contributed by atoms with Crippen LogP contribution in [0.15, 0.2) is 224 Å². The fourth-order valence-electron chi connectivity index (χ4n) is 8.63. The molecule has 272 valence electrons. The summed E-state index contributed by atoms with van der Waals surface area (Å²) in [4.78, 5) is 2.37. The average Bonchev–Trinajstić information content (AvgIpc) is 3.69. The second-order valence-corrected chi connectivity index (χ2v) is 15.9. The van der Waals surface area contributed by atoms with Crippen LogP contribution in [0, 0.1) is 0 Å². The molecule has 2 heteroatoms. The second-order valence-electron chi connectivity index (χ2n) is 14.9. The fraction of sp³-hybridized carbons (Fsp3) is 0. The van der Waals surface area contributed by atoms with E-state index >= 15 is 0 Å². The summed E-state index contributed by atoms with van der Waals surface area (Å²) in [6.07, 6.45) is 0. The minimum Gasteiger partial charge on any atom is -0.311 e. The third-order valence-corrected chi connectivity index (χ3v) is 12.7. The Morgan fingerprint density at radius 3 is 1.34 bits per heavy atom. The van der Waals surface area contributed by atoms with Crippen LogP contribution in [-0.4, -0.2) is 0 Å². The highest BCUT2D eigenvalue weighted by molar-refractivity contribution is 7.26. The van der Waals surface area contributed by atoms with E-state index < -0.39 is 0 Å². The van der Waals surface area contributed by atoms with E-state index in [0.717, 1.165) is 17.1 Å². The summed E-state index contributed by atoms with van der Waals surface area (Å²) in [6.45, 7) is 0. The normalized spacial score (nSPS) is 11.4. The molecule has 0 saturated carbocycles. The number of hydrogen-bond acceptors (Lipinski definition) is 2. The lowest BCUT2D eigenvalue weighted by Crippen LogP contribution is -2.09. The van der Waals surface area contributed by atoms with Crippen molar-refractivity contribution in [3.63, 3.8) is 0 Å². The zero-order chi connectivity index (χ0) is 38.4. The van der Waals surface area contributed by atoms with Gasteiger partial charge in [-0.1, -0.05) is 176 Å². The summed E-state index contributed by atoms with van der Waals surface area (Å²) in [5.74, 6) is 0. The molecule has 1 aromatic heterocycles. The maximum atomic E-state index is 2.37. The highest BCUT2D eigenvalue weighted by Crippen LogP contribution is 2.42. The van der Waals surface area contributed by atoms with Crippen molar-refractivity contribution in [3.8, 4) is 44.5 Å². The Labute approximate surface area is 342 Å². The number of fused-ring (bicyclic) bond motifs is 5. The van der Waals surface area contributed by atoms with Crippen molar-refractivity contribution in [1.82, 2.24) is 0 Å². The van der Waals surface area contributed by atoms with E-state index in [9.17, 15) is 0 Å². The van der Waals surface area contributed by atoms with Gasteiger partial charge in [-0.2, -0.15) is 0 Å². The smallest absolute Gasteiger partial charge is 0.0462 e. The lowest BCUT2D eigenvalue weighted by atomic mass is 9.95. The van der Waals surface area contributed by atoms with Gasteiger partial charge < -0.3 is 4.90 Å². The molecule has 0 amide bonds. The lowest BCUT2D eigenvalue weighted by molar-refractivity contribution is 1.28. The van der Waals surface area contributed by atoms with Crippen molar-refractivity contribution < 1.29 is 0 Å². The van der Waals surface area contributed by atoms with Gasteiger partial charge in [0.25, 0.3) is 0 Å². The van der Waals surface area contributed by atoms with Crippen LogP contribution in [0.25, 0.3) is 86.2 Å². The van der Waals surface area contributed by atoms with Crippen LogP contribution in [0.3, 0.4) is 0 Å². The van der Waals surface area contributed by atoms with Gasteiger partial charge in [0, 0.05) is 37.2 Å². The molecule has 1 heterocycles. The monoisotopic (exact) mass is 755 g/mol. The Balaban J connectivity index is 0.978. The molecule has 11 aromatic rings. The van der Waals surface area contributed by atoms with E-state index in [4.69, 9.17) is 0 Å². The van der Waals surface area contributed by atoms with E-state index in [1.54, 1.807) is 0 Å². The highest BCUT2D eigenvalue weighted by atomic mass is 32.1. The molecule has 10 aromatic carbocycles. The molecule has 0 saturated heterocycles. The summed E-state index contributed by atoms with van der Waals surface area (Å²) >= 11 is 1.88. The Bertz CT molecular complexity index is 3250. The molecule has 0 bridgehead atoms.